The van der Waals surface area contributed by atoms with Crippen molar-refractivity contribution >= 4 is 23.8 Å². The van der Waals surface area contributed by atoms with Gasteiger partial charge in [-0.25, -0.2) is 4.79 Å². The Morgan fingerprint density at radius 3 is 2.21 bits per heavy atom. The van der Waals surface area contributed by atoms with Crippen LogP contribution >= 0.6 is 0 Å². The number of nitro benzene ring substituents is 1. The summed E-state index contributed by atoms with van der Waals surface area (Å²) in [6.45, 7) is 0. The first-order valence-corrected chi connectivity index (χ1v) is 8.44. The molecule has 0 fully saturated rings. The Morgan fingerprint density at radius 2 is 1.57 bits per heavy atom. The molecule has 0 bridgehead atoms. The first-order chi connectivity index (χ1) is 13.6. The van der Waals surface area contributed by atoms with Crippen LogP contribution in [-0.2, 0) is 0 Å². The fraction of sp³-hybridized carbons (Fsp3) is 0.0455. The predicted octanol–water partition coefficient (Wildman–Crippen LogP) is 4.99. The average molecular weight is 375 g/mol. The van der Waals surface area contributed by atoms with Crippen molar-refractivity contribution in [2.24, 2.45) is 0 Å². The van der Waals surface area contributed by atoms with Gasteiger partial charge in [-0.1, -0.05) is 48.6 Å². The van der Waals surface area contributed by atoms with Gasteiger partial charge in [0.05, 0.1) is 17.6 Å². The van der Waals surface area contributed by atoms with Crippen LogP contribution in [-0.4, -0.2) is 18.0 Å². The second-order valence-corrected chi connectivity index (χ2v) is 5.85. The normalized spacial score (nSPS) is 10.6. The van der Waals surface area contributed by atoms with Gasteiger partial charge in [-0.3, -0.25) is 10.1 Å². The standard InChI is InChI=1S/C22H17NO5/c1-27-21-15-17(8-7-16-5-3-2-4-6-16)9-14-20(21)28-22(24)18-10-12-19(13-11-18)23(25)26/h2-15H,1H3. The number of hydrogen-bond donors (Lipinski definition) is 0. The molecule has 0 heterocycles. The number of nitrogens with zero attached hydrogens (tertiary/aromatic N) is 1. The molecule has 0 saturated carbocycles. The number of nitro groups is 1. The molecule has 6 heteroatoms. The molecule has 0 saturated heterocycles. The van der Waals surface area contributed by atoms with Gasteiger partial charge < -0.3 is 9.47 Å². The van der Waals surface area contributed by atoms with E-state index >= 15 is 0 Å². The summed E-state index contributed by atoms with van der Waals surface area (Å²) in [5, 5.41) is 10.7. The Hall–Kier alpha value is -3.93. The minimum atomic E-state index is -0.624. The number of benzene rings is 3. The van der Waals surface area contributed by atoms with Gasteiger partial charge in [-0.2, -0.15) is 0 Å². The van der Waals surface area contributed by atoms with Gasteiger partial charge in [-0.15, -0.1) is 0 Å². The summed E-state index contributed by atoms with van der Waals surface area (Å²) in [4.78, 5) is 22.5. The third-order valence-electron chi connectivity index (χ3n) is 3.97. The maximum atomic E-state index is 12.3. The van der Waals surface area contributed by atoms with E-state index in [0.29, 0.717) is 5.75 Å². The first kappa shape index (κ1) is 18.8. The van der Waals surface area contributed by atoms with Crippen LogP contribution in [0.3, 0.4) is 0 Å². The first-order valence-electron chi connectivity index (χ1n) is 8.44. The van der Waals surface area contributed by atoms with Gasteiger partial charge in [0, 0.05) is 12.1 Å². The van der Waals surface area contributed by atoms with Gasteiger partial charge in [-0.05, 0) is 35.4 Å². The van der Waals surface area contributed by atoms with Crippen LogP contribution in [0.4, 0.5) is 5.69 Å². The minimum Gasteiger partial charge on any atom is -0.493 e. The Kier molecular flexibility index (Phi) is 5.81. The lowest BCUT2D eigenvalue weighted by molar-refractivity contribution is -0.384. The van der Waals surface area contributed by atoms with Crippen molar-refractivity contribution in [3.63, 3.8) is 0 Å². The molecule has 0 aliphatic heterocycles. The van der Waals surface area contributed by atoms with Crippen molar-refractivity contribution in [1.82, 2.24) is 0 Å². The van der Waals surface area contributed by atoms with E-state index in [-0.39, 0.29) is 17.0 Å². The predicted molar refractivity (Wildman–Crippen MR) is 106 cm³/mol. The van der Waals surface area contributed by atoms with Crippen molar-refractivity contribution in [1.29, 1.82) is 0 Å². The van der Waals surface area contributed by atoms with Crippen molar-refractivity contribution in [3.05, 3.63) is 99.6 Å². The molecule has 3 rings (SSSR count). The number of methoxy groups -OCH3 is 1. The molecule has 0 aromatic heterocycles. The molecule has 0 N–H and O–H groups in total. The molecule has 0 radical (unpaired) electrons. The van der Waals surface area contributed by atoms with E-state index in [4.69, 9.17) is 9.47 Å². The highest BCUT2D eigenvalue weighted by Gasteiger charge is 2.14. The molecule has 0 aliphatic carbocycles. The van der Waals surface area contributed by atoms with Crippen molar-refractivity contribution in [3.8, 4) is 11.5 Å². The Morgan fingerprint density at radius 1 is 0.893 bits per heavy atom. The zero-order valence-corrected chi connectivity index (χ0v) is 15.1. The molecule has 0 amide bonds. The Labute approximate surface area is 161 Å². The monoisotopic (exact) mass is 375 g/mol. The summed E-state index contributed by atoms with van der Waals surface area (Å²) >= 11 is 0. The van der Waals surface area contributed by atoms with Gasteiger partial charge in [0.1, 0.15) is 0 Å². The van der Waals surface area contributed by atoms with E-state index in [1.807, 2.05) is 42.5 Å². The molecule has 3 aromatic rings. The molecule has 0 atom stereocenters. The molecule has 140 valence electrons. The summed E-state index contributed by atoms with van der Waals surface area (Å²) in [5.74, 6) is 0.0500. The smallest absolute Gasteiger partial charge is 0.343 e. The number of hydrogen-bond acceptors (Lipinski definition) is 5. The molecule has 3 aromatic carbocycles. The highest BCUT2D eigenvalue weighted by atomic mass is 16.6. The third-order valence-corrected chi connectivity index (χ3v) is 3.97. The van der Waals surface area contributed by atoms with Gasteiger partial charge >= 0.3 is 5.97 Å². The summed E-state index contributed by atoms with van der Waals surface area (Å²) in [5.41, 5.74) is 2.07. The topological polar surface area (TPSA) is 78.7 Å². The maximum Gasteiger partial charge on any atom is 0.343 e. The number of carbonyl (C=O) groups is 1. The Bertz CT molecular complexity index is 1010. The highest BCUT2D eigenvalue weighted by Crippen LogP contribution is 2.29. The molecule has 0 unspecified atom stereocenters. The summed E-state index contributed by atoms with van der Waals surface area (Å²) in [6, 6.07) is 20.3. The van der Waals surface area contributed by atoms with Gasteiger partial charge in [0.15, 0.2) is 11.5 Å². The number of ether oxygens (including phenoxy) is 2. The van der Waals surface area contributed by atoms with Crippen LogP contribution in [0.1, 0.15) is 21.5 Å². The fourth-order valence-electron chi connectivity index (χ4n) is 2.51. The van der Waals surface area contributed by atoms with Crippen LogP contribution in [0.25, 0.3) is 12.2 Å². The number of esters is 1. The second-order valence-electron chi connectivity index (χ2n) is 5.85. The highest BCUT2D eigenvalue weighted by molar-refractivity contribution is 5.91. The van der Waals surface area contributed by atoms with Crippen LogP contribution in [0, 0.1) is 10.1 Å². The molecule has 6 nitrogen and oxygen atoms in total. The largest absolute Gasteiger partial charge is 0.493 e. The summed E-state index contributed by atoms with van der Waals surface area (Å²) < 4.78 is 10.7. The van der Waals surface area contributed by atoms with Gasteiger partial charge in [0.25, 0.3) is 5.69 Å². The number of carbonyl (C=O) groups excluding carboxylic acids is 1. The van der Waals surface area contributed by atoms with E-state index < -0.39 is 10.9 Å². The molecular weight excluding hydrogens is 358 g/mol. The van der Waals surface area contributed by atoms with Crippen LogP contribution in [0.2, 0.25) is 0 Å². The minimum absolute atomic E-state index is 0.0938. The van der Waals surface area contributed by atoms with E-state index in [9.17, 15) is 14.9 Å². The molecular formula is C22H17NO5. The number of rotatable bonds is 6. The van der Waals surface area contributed by atoms with E-state index in [0.717, 1.165) is 11.1 Å². The van der Waals surface area contributed by atoms with E-state index in [1.165, 1.54) is 31.4 Å². The van der Waals surface area contributed by atoms with Crippen molar-refractivity contribution in [2.75, 3.05) is 7.11 Å². The lowest BCUT2D eigenvalue weighted by Crippen LogP contribution is -2.09. The lowest BCUT2D eigenvalue weighted by Gasteiger charge is -2.10. The molecule has 0 spiro atoms. The zero-order chi connectivity index (χ0) is 19.9. The lowest BCUT2D eigenvalue weighted by atomic mass is 10.1. The number of non-ortho nitro benzene ring substituents is 1. The summed E-state index contributed by atoms with van der Waals surface area (Å²) in [6.07, 6.45) is 3.90. The van der Waals surface area contributed by atoms with E-state index in [1.54, 1.807) is 18.2 Å². The van der Waals surface area contributed by atoms with Gasteiger partial charge in [0.2, 0.25) is 0 Å². The Balaban J connectivity index is 1.75. The third kappa shape index (κ3) is 4.62. The van der Waals surface area contributed by atoms with Crippen molar-refractivity contribution in [2.45, 2.75) is 0 Å². The van der Waals surface area contributed by atoms with Crippen LogP contribution < -0.4 is 9.47 Å². The molecule has 0 aliphatic rings. The van der Waals surface area contributed by atoms with Crippen LogP contribution in [0.5, 0.6) is 11.5 Å². The van der Waals surface area contributed by atoms with Crippen molar-refractivity contribution < 1.29 is 19.2 Å². The summed E-state index contributed by atoms with van der Waals surface area (Å²) in [7, 11) is 1.49. The quantitative estimate of drug-likeness (QED) is 0.199. The SMILES string of the molecule is COc1cc(C=Cc2ccccc2)ccc1OC(=O)c1ccc([N+](=O)[O-])cc1. The fourth-order valence-corrected chi connectivity index (χ4v) is 2.51. The zero-order valence-electron chi connectivity index (χ0n) is 15.1. The molecule has 28 heavy (non-hydrogen) atoms. The second kappa shape index (κ2) is 8.64. The van der Waals surface area contributed by atoms with E-state index in [2.05, 4.69) is 0 Å². The maximum absolute atomic E-state index is 12.3. The average Bonchev–Trinajstić information content (AvgIpc) is 2.73. The van der Waals surface area contributed by atoms with Crippen LogP contribution in [0.15, 0.2) is 72.8 Å².